The Morgan fingerprint density at radius 1 is 1.21 bits per heavy atom. The summed E-state index contributed by atoms with van der Waals surface area (Å²) in [6, 6.07) is 10.1. The number of aliphatic hydroxyl groups excluding tert-OH is 1. The second-order valence-corrected chi connectivity index (χ2v) is 9.10. The summed E-state index contributed by atoms with van der Waals surface area (Å²) in [4.78, 5) is 38.9. The van der Waals surface area contributed by atoms with E-state index >= 15 is 0 Å². The minimum Gasteiger partial charge on any atom is -0.490 e. The summed E-state index contributed by atoms with van der Waals surface area (Å²) in [5.74, 6) is 0.124. The zero-order valence-electron chi connectivity index (χ0n) is 21.2. The first kappa shape index (κ1) is 26.7. The highest BCUT2D eigenvalue weighted by Crippen LogP contribution is 2.29. The highest BCUT2D eigenvalue weighted by Gasteiger charge is 2.25. The summed E-state index contributed by atoms with van der Waals surface area (Å²) < 4.78 is 10.8. The Bertz CT molecular complexity index is 1270. The SMILES string of the molecule is COc1ccc(CN(C)c2nc(OCc3ccccn3)ncc2C(=O)N[C@H]2CC[C@H](O)CC2)cc1[N+](=O)[O-]. The number of carbonyl (C=O) groups is 1. The molecule has 12 nitrogen and oxygen atoms in total. The largest absolute Gasteiger partial charge is 0.490 e. The van der Waals surface area contributed by atoms with Gasteiger partial charge in [-0.25, -0.2) is 4.98 Å². The lowest BCUT2D eigenvalue weighted by Crippen LogP contribution is -2.39. The molecule has 2 aromatic heterocycles. The van der Waals surface area contributed by atoms with Crippen molar-refractivity contribution in [3.05, 3.63) is 75.7 Å². The molecular weight excluding hydrogens is 492 g/mol. The molecule has 0 radical (unpaired) electrons. The number of nitro benzene ring substituents is 1. The van der Waals surface area contributed by atoms with Crippen molar-refractivity contribution in [2.75, 3.05) is 19.1 Å². The van der Waals surface area contributed by atoms with Gasteiger partial charge in [-0.05, 0) is 49.4 Å². The van der Waals surface area contributed by atoms with E-state index < -0.39 is 4.92 Å². The number of hydrogen-bond acceptors (Lipinski definition) is 10. The molecule has 1 fully saturated rings. The Kier molecular flexibility index (Phi) is 8.64. The van der Waals surface area contributed by atoms with Crippen LogP contribution in [0.25, 0.3) is 0 Å². The molecule has 1 aliphatic carbocycles. The van der Waals surface area contributed by atoms with Gasteiger partial charge in [-0.1, -0.05) is 12.1 Å². The van der Waals surface area contributed by atoms with Crippen LogP contribution in [0, 0.1) is 10.1 Å². The molecule has 0 unspecified atom stereocenters. The average molecular weight is 523 g/mol. The monoisotopic (exact) mass is 522 g/mol. The van der Waals surface area contributed by atoms with E-state index in [1.807, 2.05) is 12.1 Å². The molecule has 1 aliphatic rings. The molecule has 2 heterocycles. The zero-order valence-corrected chi connectivity index (χ0v) is 21.2. The first-order valence-electron chi connectivity index (χ1n) is 12.2. The highest BCUT2D eigenvalue weighted by atomic mass is 16.6. The topological polar surface area (TPSA) is 153 Å². The summed E-state index contributed by atoms with van der Waals surface area (Å²) >= 11 is 0. The predicted octanol–water partition coefficient (Wildman–Crippen LogP) is 3.04. The third-order valence-corrected chi connectivity index (χ3v) is 6.32. The Balaban J connectivity index is 1.58. The maximum atomic E-state index is 13.3. The number of aromatic nitrogens is 3. The normalized spacial score (nSPS) is 16.9. The Morgan fingerprint density at radius 2 is 2.00 bits per heavy atom. The molecule has 3 aromatic rings. The highest BCUT2D eigenvalue weighted by molar-refractivity contribution is 5.98. The van der Waals surface area contributed by atoms with Crippen LogP contribution < -0.4 is 19.7 Å². The molecule has 0 atom stereocenters. The number of anilines is 1. The number of nitrogens with zero attached hydrogens (tertiary/aromatic N) is 5. The number of nitro groups is 1. The van der Waals surface area contributed by atoms with E-state index in [2.05, 4.69) is 20.3 Å². The van der Waals surface area contributed by atoms with Crippen molar-refractivity contribution in [1.29, 1.82) is 0 Å². The van der Waals surface area contributed by atoms with Gasteiger partial charge in [-0.2, -0.15) is 4.98 Å². The van der Waals surface area contributed by atoms with E-state index in [-0.39, 0.29) is 54.2 Å². The third-order valence-electron chi connectivity index (χ3n) is 6.32. The van der Waals surface area contributed by atoms with E-state index in [4.69, 9.17) is 9.47 Å². The second-order valence-electron chi connectivity index (χ2n) is 9.10. The number of pyridine rings is 1. The summed E-state index contributed by atoms with van der Waals surface area (Å²) in [6.45, 7) is 0.363. The fourth-order valence-corrected chi connectivity index (χ4v) is 4.31. The molecule has 12 heteroatoms. The molecule has 1 amide bonds. The number of aliphatic hydroxyl groups is 1. The number of rotatable bonds is 10. The summed E-state index contributed by atoms with van der Waals surface area (Å²) in [5.41, 5.74) is 1.41. The maximum absolute atomic E-state index is 13.3. The number of methoxy groups -OCH3 is 1. The van der Waals surface area contributed by atoms with Gasteiger partial charge in [0.05, 0.1) is 23.8 Å². The van der Waals surface area contributed by atoms with Gasteiger partial charge in [0.25, 0.3) is 5.91 Å². The molecular formula is C26H30N6O6. The first-order valence-corrected chi connectivity index (χ1v) is 12.2. The van der Waals surface area contributed by atoms with E-state index in [0.29, 0.717) is 42.8 Å². The van der Waals surface area contributed by atoms with Gasteiger partial charge in [-0.3, -0.25) is 19.9 Å². The van der Waals surface area contributed by atoms with E-state index in [9.17, 15) is 20.0 Å². The Morgan fingerprint density at radius 3 is 2.68 bits per heavy atom. The summed E-state index contributed by atoms with van der Waals surface area (Å²) in [6.07, 6.45) is 5.35. The maximum Gasteiger partial charge on any atom is 0.318 e. The number of benzene rings is 1. The molecule has 4 rings (SSSR count). The summed E-state index contributed by atoms with van der Waals surface area (Å²) in [7, 11) is 3.11. The third kappa shape index (κ3) is 6.71. The Hall–Kier alpha value is -4.32. The standard InChI is InChI=1S/C26H30N6O6/c1-31(15-17-6-11-23(37-2)22(13-17)32(35)36)24-21(25(34)29-18-7-9-20(33)10-8-18)14-28-26(30-24)38-16-19-5-3-4-12-27-19/h3-6,11-14,18,20,33H,7-10,15-16H2,1-2H3,(H,29,34)/t18-,20-. The van der Waals surface area contributed by atoms with E-state index in [1.54, 1.807) is 30.3 Å². The van der Waals surface area contributed by atoms with Gasteiger partial charge in [-0.15, -0.1) is 0 Å². The number of ether oxygens (including phenoxy) is 2. The van der Waals surface area contributed by atoms with Crippen LogP contribution in [0.1, 0.15) is 47.3 Å². The van der Waals surface area contributed by atoms with Gasteiger partial charge >= 0.3 is 11.7 Å². The lowest BCUT2D eigenvalue weighted by atomic mass is 9.93. The van der Waals surface area contributed by atoms with Crippen molar-refractivity contribution in [2.24, 2.45) is 0 Å². The van der Waals surface area contributed by atoms with E-state index in [1.165, 1.54) is 25.4 Å². The van der Waals surface area contributed by atoms with E-state index in [0.717, 1.165) is 0 Å². The van der Waals surface area contributed by atoms with Crippen LogP contribution in [0.5, 0.6) is 11.8 Å². The van der Waals surface area contributed by atoms with Crippen LogP contribution in [-0.2, 0) is 13.2 Å². The van der Waals surface area contributed by atoms with Gasteiger partial charge in [0.15, 0.2) is 5.75 Å². The van der Waals surface area contributed by atoms with Gasteiger partial charge in [0.2, 0.25) is 0 Å². The van der Waals surface area contributed by atoms with Crippen molar-refractivity contribution in [2.45, 2.75) is 51.0 Å². The number of hydrogen-bond donors (Lipinski definition) is 2. The van der Waals surface area contributed by atoms with Crippen LogP contribution in [0.3, 0.4) is 0 Å². The molecule has 200 valence electrons. The molecule has 0 aliphatic heterocycles. The Labute approximate surface area is 219 Å². The number of amides is 1. The molecule has 38 heavy (non-hydrogen) atoms. The molecule has 0 bridgehead atoms. The van der Waals surface area contributed by atoms with Crippen molar-refractivity contribution >= 4 is 17.4 Å². The average Bonchev–Trinajstić information content (AvgIpc) is 2.93. The smallest absolute Gasteiger partial charge is 0.318 e. The van der Waals surface area contributed by atoms with Crippen molar-refractivity contribution in [3.8, 4) is 11.8 Å². The number of carbonyl (C=O) groups excluding carboxylic acids is 1. The molecule has 0 spiro atoms. The first-order chi connectivity index (χ1) is 18.3. The quantitative estimate of drug-likeness (QED) is 0.300. The van der Waals surface area contributed by atoms with Crippen LogP contribution in [-0.4, -0.2) is 57.2 Å². The van der Waals surface area contributed by atoms with Crippen molar-refractivity contribution < 1.29 is 24.3 Å². The van der Waals surface area contributed by atoms with Crippen LogP contribution in [0.15, 0.2) is 48.8 Å². The zero-order chi connectivity index (χ0) is 27.1. The van der Waals surface area contributed by atoms with Crippen molar-refractivity contribution in [3.63, 3.8) is 0 Å². The second kappa shape index (κ2) is 12.3. The fraction of sp³-hybridized carbons (Fsp3) is 0.385. The molecule has 0 saturated heterocycles. The minimum absolute atomic E-state index is 0.0617. The lowest BCUT2D eigenvalue weighted by molar-refractivity contribution is -0.385. The number of nitrogens with one attached hydrogen (secondary N) is 1. The minimum atomic E-state index is -0.503. The molecule has 1 saturated carbocycles. The fourth-order valence-electron chi connectivity index (χ4n) is 4.31. The molecule has 2 N–H and O–H groups in total. The van der Waals surface area contributed by atoms with Crippen LogP contribution in [0.2, 0.25) is 0 Å². The molecule has 1 aromatic carbocycles. The summed E-state index contributed by atoms with van der Waals surface area (Å²) in [5, 5.41) is 24.3. The van der Waals surface area contributed by atoms with Gasteiger partial charge in [0.1, 0.15) is 18.0 Å². The predicted molar refractivity (Wildman–Crippen MR) is 138 cm³/mol. The van der Waals surface area contributed by atoms with Crippen molar-refractivity contribution in [1.82, 2.24) is 20.3 Å². The van der Waals surface area contributed by atoms with Gasteiger partial charge in [0, 0.05) is 38.1 Å². The van der Waals surface area contributed by atoms with Gasteiger partial charge < -0.3 is 24.8 Å². The lowest BCUT2D eigenvalue weighted by Gasteiger charge is -2.27. The van der Waals surface area contributed by atoms with Crippen LogP contribution >= 0.6 is 0 Å². The van der Waals surface area contributed by atoms with Crippen LogP contribution in [0.4, 0.5) is 11.5 Å².